The zero-order valence-electron chi connectivity index (χ0n) is 9.09. The molecule has 0 unspecified atom stereocenters. The van der Waals surface area contributed by atoms with Crippen LogP contribution in [-0.4, -0.2) is 19.5 Å². The van der Waals surface area contributed by atoms with Gasteiger partial charge in [0, 0.05) is 13.1 Å². The summed E-state index contributed by atoms with van der Waals surface area (Å²) in [5.41, 5.74) is -1.07. The third-order valence-electron chi connectivity index (χ3n) is 2.33. The van der Waals surface area contributed by atoms with Gasteiger partial charge in [0.1, 0.15) is 11.9 Å². The maximum absolute atomic E-state index is 11.8. The summed E-state index contributed by atoms with van der Waals surface area (Å²) in [7, 11) is 1.31. The molecule has 0 atom stereocenters. The second-order valence-electron chi connectivity index (χ2n) is 3.49. The molecule has 2 aromatic rings. The van der Waals surface area contributed by atoms with Gasteiger partial charge in [0.25, 0.3) is 5.56 Å². The van der Waals surface area contributed by atoms with Gasteiger partial charge in [-0.15, -0.1) is 0 Å². The number of phenolic OH excluding ortho intramolecular Hbond substituents is 1. The van der Waals surface area contributed by atoms with Crippen LogP contribution in [0.3, 0.4) is 0 Å². The fraction of sp³-hybridized carbons (Fsp3) is 0.100. The van der Waals surface area contributed by atoms with Gasteiger partial charge in [-0.2, -0.15) is 9.78 Å². The highest BCUT2D eigenvalue weighted by atomic mass is 35.5. The first-order valence-corrected chi connectivity index (χ1v) is 5.51. The van der Waals surface area contributed by atoms with Gasteiger partial charge < -0.3 is 5.11 Å². The zero-order valence-corrected chi connectivity index (χ0v) is 10.6. The molecule has 94 valence electrons. The van der Waals surface area contributed by atoms with E-state index in [0.717, 1.165) is 15.4 Å². The minimum absolute atomic E-state index is 0.0571. The average molecular weight is 288 g/mol. The lowest BCUT2D eigenvalue weighted by Gasteiger charge is -2.08. The van der Waals surface area contributed by atoms with E-state index in [4.69, 9.17) is 23.2 Å². The van der Waals surface area contributed by atoms with E-state index < -0.39 is 11.2 Å². The summed E-state index contributed by atoms with van der Waals surface area (Å²) in [5, 5.41) is 13.4. The Bertz CT molecular complexity index is 736. The molecule has 0 saturated heterocycles. The van der Waals surface area contributed by atoms with E-state index in [-0.39, 0.29) is 21.5 Å². The Morgan fingerprint density at radius 3 is 2.56 bits per heavy atom. The van der Waals surface area contributed by atoms with Crippen molar-refractivity contribution in [2.45, 2.75) is 0 Å². The summed E-state index contributed by atoms with van der Waals surface area (Å²) < 4.78 is 1.77. The van der Waals surface area contributed by atoms with E-state index in [0.29, 0.717) is 0 Å². The number of nitrogens with zero attached hydrogens (tertiary/aromatic N) is 3. The van der Waals surface area contributed by atoms with E-state index in [2.05, 4.69) is 5.10 Å². The maximum Gasteiger partial charge on any atom is 0.351 e. The first kappa shape index (κ1) is 12.7. The Kier molecular flexibility index (Phi) is 3.14. The summed E-state index contributed by atoms with van der Waals surface area (Å²) in [6.45, 7) is 0. The van der Waals surface area contributed by atoms with Crippen molar-refractivity contribution in [2.24, 2.45) is 7.05 Å². The molecule has 0 aliphatic heterocycles. The van der Waals surface area contributed by atoms with Crippen molar-refractivity contribution in [3.05, 3.63) is 49.2 Å². The van der Waals surface area contributed by atoms with Crippen LogP contribution in [-0.2, 0) is 7.05 Å². The Morgan fingerprint density at radius 2 is 1.89 bits per heavy atom. The molecular weight excluding hydrogens is 281 g/mol. The number of benzene rings is 1. The largest absolute Gasteiger partial charge is 0.506 e. The predicted molar refractivity (Wildman–Crippen MR) is 66.8 cm³/mol. The number of aromatic nitrogens is 3. The van der Waals surface area contributed by atoms with Crippen molar-refractivity contribution in [3.63, 3.8) is 0 Å². The van der Waals surface area contributed by atoms with E-state index >= 15 is 0 Å². The van der Waals surface area contributed by atoms with Crippen LogP contribution in [0.4, 0.5) is 0 Å². The molecule has 0 amide bonds. The van der Waals surface area contributed by atoms with Crippen molar-refractivity contribution in [2.75, 3.05) is 0 Å². The molecule has 1 heterocycles. The van der Waals surface area contributed by atoms with Gasteiger partial charge in [0.15, 0.2) is 0 Å². The molecule has 0 saturated carbocycles. The summed E-state index contributed by atoms with van der Waals surface area (Å²) >= 11 is 11.6. The summed E-state index contributed by atoms with van der Waals surface area (Å²) in [6.07, 6.45) is 0.976. The first-order chi connectivity index (χ1) is 8.41. The third kappa shape index (κ3) is 2.00. The third-order valence-corrected chi connectivity index (χ3v) is 2.93. The molecule has 6 nitrogen and oxygen atoms in total. The normalized spacial score (nSPS) is 10.6. The Balaban J connectivity index is 2.78. The first-order valence-electron chi connectivity index (χ1n) is 4.75. The SMILES string of the molecule is Cn1c(=O)cnn(-c2cc(O)c(Cl)cc2Cl)c1=O. The topological polar surface area (TPSA) is 77.1 Å². The Labute approximate surface area is 111 Å². The van der Waals surface area contributed by atoms with Crippen LogP contribution >= 0.6 is 23.2 Å². The molecule has 1 N–H and O–H groups in total. The van der Waals surface area contributed by atoms with Gasteiger partial charge >= 0.3 is 5.69 Å². The summed E-state index contributed by atoms with van der Waals surface area (Å²) in [5.74, 6) is -0.237. The summed E-state index contributed by atoms with van der Waals surface area (Å²) in [4.78, 5) is 23.0. The van der Waals surface area contributed by atoms with Crippen LogP contribution < -0.4 is 11.2 Å². The minimum atomic E-state index is -0.675. The minimum Gasteiger partial charge on any atom is -0.506 e. The monoisotopic (exact) mass is 287 g/mol. The molecular formula is C10H7Cl2N3O3. The number of hydrogen-bond acceptors (Lipinski definition) is 4. The van der Waals surface area contributed by atoms with Crippen molar-refractivity contribution in [1.29, 1.82) is 0 Å². The van der Waals surface area contributed by atoms with E-state index in [1.165, 1.54) is 19.2 Å². The van der Waals surface area contributed by atoms with Gasteiger partial charge in [-0.25, -0.2) is 4.79 Å². The second-order valence-corrected chi connectivity index (χ2v) is 4.31. The molecule has 18 heavy (non-hydrogen) atoms. The lowest BCUT2D eigenvalue weighted by Crippen LogP contribution is -2.38. The highest BCUT2D eigenvalue weighted by Crippen LogP contribution is 2.31. The standard InChI is InChI=1S/C10H7Cl2N3O3/c1-14-9(17)4-13-15(10(14)18)7-3-8(16)6(12)2-5(7)11/h2-4,16H,1H3. The van der Waals surface area contributed by atoms with Crippen LogP contribution in [0, 0.1) is 0 Å². The molecule has 0 aliphatic rings. The quantitative estimate of drug-likeness (QED) is 0.847. The van der Waals surface area contributed by atoms with Gasteiger partial charge in [-0.3, -0.25) is 9.36 Å². The van der Waals surface area contributed by atoms with E-state index in [1.807, 2.05) is 0 Å². The molecule has 0 fully saturated rings. The number of rotatable bonds is 1. The van der Waals surface area contributed by atoms with Crippen LogP contribution in [0.1, 0.15) is 0 Å². The fourth-order valence-corrected chi connectivity index (χ4v) is 1.80. The average Bonchev–Trinajstić information content (AvgIpc) is 2.32. The predicted octanol–water partition coefficient (Wildman–Crippen LogP) is 0.944. The molecule has 8 heteroatoms. The zero-order chi connectivity index (χ0) is 13.4. The highest BCUT2D eigenvalue weighted by molar-refractivity contribution is 6.36. The molecule has 1 aromatic heterocycles. The molecule has 0 spiro atoms. The molecule has 0 radical (unpaired) electrons. The smallest absolute Gasteiger partial charge is 0.351 e. The second kappa shape index (κ2) is 4.47. The number of hydrogen-bond donors (Lipinski definition) is 1. The highest BCUT2D eigenvalue weighted by Gasteiger charge is 2.12. The Morgan fingerprint density at radius 1 is 1.22 bits per heavy atom. The van der Waals surface area contributed by atoms with E-state index in [9.17, 15) is 14.7 Å². The molecule has 0 bridgehead atoms. The maximum atomic E-state index is 11.8. The van der Waals surface area contributed by atoms with Crippen molar-refractivity contribution < 1.29 is 5.11 Å². The van der Waals surface area contributed by atoms with Gasteiger partial charge in [0.2, 0.25) is 0 Å². The number of halogens is 2. The van der Waals surface area contributed by atoms with E-state index in [1.54, 1.807) is 0 Å². The van der Waals surface area contributed by atoms with Crippen molar-refractivity contribution in [1.82, 2.24) is 14.3 Å². The van der Waals surface area contributed by atoms with Gasteiger partial charge in [-0.05, 0) is 6.07 Å². The van der Waals surface area contributed by atoms with Crippen molar-refractivity contribution in [3.8, 4) is 11.4 Å². The van der Waals surface area contributed by atoms with Crippen LogP contribution in [0.25, 0.3) is 5.69 Å². The Hall–Kier alpha value is -1.79. The van der Waals surface area contributed by atoms with Crippen LogP contribution in [0.5, 0.6) is 5.75 Å². The van der Waals surface area contributed by atoms with Crippen LogP contribution in [0.15, 0.2) is 27.9 Å². The molecule has 0 aliphatic carbocycles. The molecule has 1 aromatic carbocycles. The fourth-order valence-electron chi connectivity index (χ4n) is 1.33. The van der Waals surface area contributed by atoms with Crippen molar-refractivity contribution >= 4 is 23.2 Å². The number of aromatic hydroxyl groups is 1. The van der Waals surface area contributed by atoms with Gasteiger partial charge in [-0.1, -0.05) is 23.2 Å². The summed E-state index contributed by atoms with van der Waals surface area (Å²) in [6, 6.07) is 2.48. The van der Waals surface area contributed by atoms with Crippen LogP contribution in [0.2, 0.25) is 10.0 Å². The van der Waals surface area contributed by atoms with Gasteiger partial charge in [0.05, 0.1) is 15.7 Å². The lowest BCUT2D eigenvalue weighted by atomic mass is 10.3. The number of phenols is 1. The lowest BCUT2D eigenvalue weighted by molar-refractivity contribution is 0.474. The molecule has 2 rings (SSSR count).